The SMILES string of the molecule is COc1ccc(C#N)cc1C=C(C#N)c1cn(C(=O)[C@H](N)CCCCN)c2ccc(Br)cc12. The number of hydrogen-bond acceptors (Lipinski definition) is 6. The van der Waals surface area contributed by atoms with Crippen molar-refractivity contribution in [3.8, 4) is 17.9 Å². The van der Waals surface area contributed by atoms with Crippen LogP contribution in [0.25, 0.3) is 22.6 Å². The molecule has 168 valence electrons. The Labute approximate surface area is 201 Å². The molecule has 7 nitrogen and oxygen atoms in total. The number of ether oxygens (including phenoxy) is 1. The fraction of sp³-hybridized carbons (Fsp3) is 0.240. The zero-order valence-electron chi connectivity index (χ0n) is 18.2. The molecule has 0 saturated heterocycles. The summed E-state index contributed by atoms with van der Waals surface area (Å²) in [6.45, 7) is 0.554. The number of carbonyl (C=O) groups is 1. The normalized spacial score (nSPS) is 12.2. The van der Waals surface area contributed by atoms with Crippen molar-refractivity contribution in [2.45, 2.75) is 25.3 Å². The summed E-state index contributed by atoms with van der Waals surface area (Å²) < 4.78 is 7.73. The lowest BCUT2D eigenvalue weighted by Gasteiger charge is -2.11. The van der Waals surface area contributed by atoms with Crippen molar-refractivity contribution >= 4 is 44.4 Å². The predicted octanol–water partition coefficient (Wildman–Crippen LogP) is 4.44. The molecule has 1 atom stereocenters. The first-order valence-electron chi connectivity index (χ1n) is 10.4. The van der Waals surface area contributed by atoms with E-state index in [1.54, 1.807) is 30.5 Å². The molecule has 0 radical (unpaired) electrons. The number of halogens is 1. The molecule has 0 amide bonds. The maximum absolute atomic E-state index is 13.1. The summed E-state index contributed by atoms with van der Waals surface area (Å²) in [5.41, 5.74) is 14.3. The van der Waals surface area contributed by atoms with E-state index >= 15 is 0 Å². The first-order chi connectivity index (χ1) is 15.9. The van der Waals surface area contributed by atoms with E-state index in [2.05, 4.69) is 28.1 Å². The van der Waals surface area contributed by atoms with E-state index in [1.165, 1.54) is 11.7 Å². The van der Waals surface area contributed by atoms with Crippen molar-refractivity contribution in [2.24, 2.45) is 11.5 Å². The van der Waals surface area contributed by atoms with Crippen molar-refractivity contribution in [3.63, 3.8) is 0 Å². The molecule has 1 aromatic heterocycles. The smallest absolute Gasteiger partial charge is 0.247 e. The summed E-state index contributed by atoms with van der Waals surface area (Å²) in [4.78, 5) is 13.1. The van der Waals surface area contributed by atoms with Crippen molar-refractivity contribution < 1.29 is 9.53 Å². The predicted molar refractivity (Wildman–Crippen MR) is 132 cm³/mol. The van der Waals surface area contributed by atoms with Gasteiger partial charge in [-0.15, -0.1) is 0 Å². The van der Waals surface area contributed by atoms with Crippen LogP contribution in [0.4, 0.5) is 0 Å². The number of aromatic nitrogens is 1. The lowest BCUT2D eigenvalue weighted by molar-refractivity contribution is 0.0879. The summed E-state index contributed by atoms with van der Waals surface area (Å²) in [7, 11) is 1.53. The molecule has 0 spiro atoms. The molecule has 0 aliphatic carbocycles. The Kier molecular flexibility index (Phi) is 8.02. The number of allylic oxidation sites excluding steroid dienone is 1. The van der Waals surface area contributed by atoms with Crippen LogP contribution in [0.1, 0.15) is 40.7 Å². The Morgan fingerprint density at radius 1 is 1.24 bits per heavy atom. The van der Waals surface area contributed by atoms with E-state index in [1.807, 2.05) is 18.2 Å². The van der Waals surface area contributed by atoms with Crippen LogP contribution in [-0.2, 0) is 0 Å². The van der Waals surface area contributed by atoms with Gasteiger partial charge in [-0.25, -0.2) is 0 Å². The third-order valence-electron chi connectivity index (χ3n) is 5.36. The van der Waals surface area contributed by atoms with Gasteiger partial charge >= 0.3 is 0 Å². The molecule has 3 aromatic rings. The first kappa shape index (κ1) is 24.2. The molecular weight excluding hydrogens is 482 g/mol. The second kappa shape index (κ2) is 10.9. The van der Waals surface area contributed by atoms with E-state index in [-0.39, 0.29) is 5.91 Å². The van der Waals surface area contributed by atoms with Crippen molar-refractivity contribution in [1.29, 1.82) is 10.5 Å². The molecule has 0 aliphatic heterocycles. The molecule has 8 heteroatoms. The van der Waals surface area contributed by atoms with Gasteiger partial charge in [-0.3, -0.25) is 9.36 Å². The highest BCUT2D eigenvalue weighted by molar-refractivity contribution is 9.10. The average Bonchev–Trinajstić information content (AvgIpc) is 3.20. The zero-order valence-corrected chi connectivity index (χ0v) is 19.8. The van der Waals surface area contributed by atoms with Gasteiger partial charge in [0.2, 0.25) is 5.91 Å². The maximum atomic E-state index is 13.1. The number of carbonyl (C=O) groups excluding carboxylic acids is 1. The monoisotopic (exact) mass is 505 g/mol. The summed E-state index contributed by atoms with van der Waals surface area (Å²) in [5.74, 6) is 0.289. The van der Waals surface area contributed by atoms with E-state index < -0.39 is 6.04 Å². The van der Waals surface area contributed by atoms with Crippen molar-refractivity contribution in [2.75, 3.05) is 13.7 Å². The minimum absolute atomic E-state index is 0.244. The number of nitrogens with two attached hydrogens (primary N) is 2. The Bertz CT molecular complexity index is 1300. The van der Waals surface area contributed by atoms with E-state index in [4.69, 9.17) is 16.2 Å². The summed E-state index contributed by atoms with van der Waals surface area (Å²) in [5, 5.41) is 20.0. The van der Waals surface area contributed by atoms with Crippen LogP contribution in [0.5, 0.6) is 5.75 Å². The average molecular weight is 506 g/mol. The fourth-order valence-electron chi connectivity index (χ4n) is 3.65. The molecule has 1 heterocycles. The fourth-order valence-corrected chi connectivity index (χ4v) is 4.01. The van der Waals surface area contributed by atoms with Gasteiger partial charge in [-0.05, 0) is 61.9 Å². The molecule has 0 fully saturated rings. The van der Waals surface area contributed by atoms with Crippen LogP contribution in [0.15, 0.2) is 47.1 Å². The minimum atomic E-state index is -0.675. The molecule has 2 aromatic carbocycles. The minimum Gasteiger partial charge on any atom is -0.496 e. The molecule has 0 aliphatic rings. The lowest BCUT2D eigenvalue weighted by atomic mass is 10.0. The van der Waals surface area contributed by atoms with Gasteiger partial charge in [0.1, 0.15) is 5.75 Å². The molecule has 33 heavy (non-hydrogen) atoms. The van der Waals surface area contributed by atoms with Crippen LogP contribution in [0.2, 0.25) is 0 Å². The number of methoxy groups -OCH3 is 1. The van der Waals surface area contributed by atoms with Crippen molar-refractivity contribution in [3.05, 3.63) is 63.8 Å². The number of fused-ring (bicyclic) bond motifs is 1. The van der Waals surface area contributed by atoms with Gasteiger partial charge in [-0.2, -0.15) is 10.5 Å². The van der Waals surface area contributed by atoms with Crippen LogP contribution in [0.3, 0.4) is 0 Å². The Morgan fingerprint density at radius 2 is 2.03 bits per heavy atom. The largest absolute Gasteiger partial charge is 0.496 e. The van der Waals surface area contributed by atoms with Gasteiger partial charge in [-0.1, -0.05) is 22.4 Å². The highest BCUT2D eigenvalue weighted by Gasteiger charge is 2.21. The molecule has 0 unspecified atom stereocenters. The quantitative estimate of drug-likeness (QED) is 0.343. The number of hydrogen-bond donors (Lipinski definition) is 2. The van der Waals surface area contributed by atoms with Gasteiger partial charge in [0.25, 0.3) is 0 Å². The molecular formula is C25H24BrN5O2. The van der Waals surface area contributed by atoms with Gasteiger partial charge < -0.3 is 16.2 Å². The summed E-state index contributed by atoms with van der Waals surface area (Å²) >= 11 is 3.47. The summed E-state index contributed by atoms with van der Waals surface area (Å²) in [6, 6.07) is 14.2. The van der Waals surface area contributed by atoms with E-state index in [9.17, 15) is 15.3 Å². The van der Waals surface area contributed by atoms with E-state index in [0.717, 1.165) is 22.7 Å². The number of unbranched alkanes of at least 4 members (excludes halogenated alkanes) is 1. The van der Waals surface area contributed by atoms with Gasteiger partial charge in [0, 0.05) is 27.2 Å². The molecule has 0 bridgehead atoms. The zero-order chi connectivity index (χ0) is 24.0. The highest BCUT2D eigenvalue weighted by atomic mass is 79.9. The first-order valence-corrected chi connectivity index (χ1v) is 11.2. The van der Waals surface area contributed by atoms with E-state index in [0.29, 0.717) is 46.5 Å². The second-order valence-electron chi connectivity index (χ2n) is 7.54. The standard InChI is InChI=1S/C25H24BrN5O2/c1-33-24-8-5-16(13-28)10-17(24)11-18(14-29)21-15-31(23-7-6-19(26)12-20(21)23)25(32)22(30)4-2-3-9-27/h5-8,10-12,15,22H,2-4,9,27,30H2,1H3/t22-/m1/s1. The number of nitriles is 2. The number of rotatable bonds is 8. The Balaban J connectivity index is 2.14. The highest BCUT2D eigenvalue weighted by Crippen LogP contribution is 2.33. The Hall–Kier alpha value is -3.43. The third-order valence-corrected chi connectivity index (χ3v) is 5.85. The number of benzene rings is 2. The molecule has 0 saturated carbocycles. The second-order valence-corrected chi connectivity index (χ2v) is 8.46. The van der Waals surface area contributed by atoms with Gasteiger partial charge in [0.15, 0.2) is 0 Å². The Morgan fingerprint density at radius 3 is 2.70 bits per heavy atom. The number of nitrogens with zero attached hydrogens (tertiary/aromatic N) is 3. The molecule has 3 rings (SSSR count). The third kappa shape index (κ3) is 5.32. The van der Waals surface area contributed by atoms with Crippen LogP contribution in [0, 0.1) is 22.7 Å². The van der Waals surface area contributed by atoms with Crippen molar-refractivity contribution in [1.82, 2.24) is 4.57 Å². The van der Waals surface area contributed by atoms with Crippen LogP contribution in [-0.4, -0.2) is 30.2 Å². The molecule has 4 N–H and O–H groups in total. The van der Waals surface area contributed by atoms with Crippen LogP contribution < -0.4 is 16.2 Å². The van der Waals surface area contributed by atoms with Gasteiger partial charge in [0.05, 0.1) is 41.9 Å². The topological polar surface area (TPSA) is 131 Å². The van der Waals surface area contributed by atoms with Crippen LogP contribution >= 0.6 is 15.9 Å². The lowest BCUT2D eigenvalue weighted by Crippen LogP contribution is -2.34. The summed E-state index contributed by atoms with van der Waals surface area (Å²) in [6.07, 6.45) is 5.40. The maximum Gasteiger partial charge on any atom is 0.247 e.